The molecule has 0 aliphatic rings. The molecule has 3 nitrogen and oxygen atoms in total. The van der Waals surface area contributed by atoms with Crippen LogP contribution in [0, 0.1) is 0 Å². The number of hydrogen-bond acceptors (Lipinski definition) is 3. The first-order chi connectivity index (χ1) is 5.11. The number of halogens is 1. The van der Waals surface area contributed by atoms with E-state index in [1.54, 1.807) is 0 Å². The molecule has 4 heteroatoms. The van der Waals surface area contributed by atoms with Gasteiger partial charge in [0.2, 0.25) is 0 Å². The van der Waals surface area contributed by atoms with E-state index in [-0.39, 0.29) is 11.6 Å². The van der Waals surface area contributed by atoms with E-state index in [0.717, 1.165) is 0 Å². The van der Waals surface area contributed by atoms with Gasteiger partial charge < -0.3 is 5.73 Å². The average Bonchev–Trinajstić information content (AvgIpc) is 1.94. The van der Waals surface area contributed by atoms with Crippen LogP contribution in [0.15, 0.2) is 12.3 Å². The van der Waals surface area contributed by atoms with Gasteiger partial charge >= 0.3 is 0 Å². The van der Waals surface area contributed by atoms with E-state index in [9.17, 15) is 4.79 Å². The van der Waals surface area contributed by atoms with Gasteiger partial charge in [-0.2, -0.15) is 0 Å². The van der Waals surface area contributed by atoms with Crippen LogP contribution >= 0.6 is 11.6 Å². The number of ketones is 1. The van der Waals surface area contributed by atoms with Crippen LogP contribution in [-0.4, -0.2) is 10.8 Å². The van der Waals surface area contributed by atoms with Gasteiger partial charge in [-0.3, -0.25) is 4.79 Å². The van der Waals surface area contributed by atoms with Crippen molar-refractivity contribution >= 4 is 23.2 Å². The van der Waals surface area contributed by atoms with Crippen LogP contribution in [0.4, 0.5) is 5.82 Å². The average molecular weight is 171 g/mol. The van der Waals surface area contributed by atoms with Crippen LogP contribution in [0.25, 0.3) is 0 Å². The molecular weight excluding hydrogens is 164 g/mol. The van der Waals surface area contributed by atoms with E-state index in [1.807, 2.05) is 0 Å². The first kappa shape index (κ1) is 8.01. The number of nitrogens with two attached hydrogens (primary N) is 1. The molecule has 0 saturated heterocycles. The molecule has 1 aromatic heterocycles. The smallest absolute Gasteiger partial charge is 0.163 e. The molecule has 1 aromatic rings. The molecular formula is C7H7ClN2O. The summed E-state index contributed by atoms with van der Waals surface area (Å²) in [4.78, 5) is 14.6. The molecule has 0 aromatic carbocycles. The molecule has 0 aliphatic carbocycles. The summed E-state index contributed by atoms with van der Waals surface area (Å²) >= 11 is 5.59. The minimum atomic E-state index is -0.127. The fourth-order valence-corrected chi connectivity index (χ4v) is 0.890. The Labute approximate surface area is 69.2 Å². The maximum absolute atomic E-state index is 10.8. The Morgan fingerprint density at radius 2 is 2.36 bits per heavy atom. The lowest BCUT2D eigenvalue weighted by molar-refractivity contribution is 0.101. The van der Waals surface area contributed by atoms with Crippen molar-refractivity contribution in [3.05, 3.63) is 22.8 Å². The second kappa shape index (κ2) is 2.88. The van der Waals surface area contributed by atoms with Crippen molar-refractivity contribution in [2.45, 2.75) is 6.92 Å². The topological polar surface area (TPSA) is 56.0 Å². The lowest BCUT2D eigenvalue weighted by Crippen LogP contribution is -2.01. The van der Waals surface area contributed by atoms with Crippen molar-refractivity contribution in [1.82, 2.24) is 4.98 Å². The van der Waals surface area contributed by atoms with E-state index < -0.39 is 0 Å². The van der Waals surface area contributed by atoms with E-state index in [0.29, 0.717) is 10.6 Å². The summed E-state index contributed by atoms with van der Waals surface area (Å²) in [5.74, 6) is 0.0967. The maximum atomic E-state index is 10.8. The van der Waals surface area contributed by atoms with Crippen molar-refractivity contribution in [3.8, 4) is 0 Å². The molecule has 1 rings (SSSR count). The Morgan fingerprint density at radius 1 is 1.73 bits per heavy atom. The number of carbonyl (C=O) groups excluding carboxylic acids is 1. The lowest BCUT2D eigenvalue weighted by Gasteiger charge is -1.99. The molecule has 2 N–H and O–H groups in total. The molecule has 0 atom stereocenters. The summed E-state index contributed by atoms with van der Waals surface area (Å²) in [6.07, 6.45) is 1.41. The first-order valence-corrected chi connectivity index (χ1v) is 3.41. The maximum Gasteiger partial charge on any atom is 0.163 e. The molecule has 58 valence electrons. The van der Waals surface area contributed by atoms with E-state index in [4.69, 9.17) is 17.3 Å². The number of carbonyl (C=O) groups is 1. The Kier molecular flexibility index (Phi) is 2.10. The highest BCUT2D eigenvalue weighted by Crippen LogP contribution is 2.14. The number of aromatic nitrogens is 1. The predicted molar refractivity (Wildman–Crippen MR) is 43.7 cm³/mol. The van der Waals surface area contributed by atoms with Crippen LogP contribution in [0.5, 0.6) is 0 Å². The summed E-state index contributed by atoms with van der Waals surface area (Å²) in [6, 6.07) is 1.51. The quantitative estimate of drug-likeness (QED) is 0.651. The van der Waals surface area contributed by atoms with E-state index >= 15 is 0 Å². The third-order valence-corrected chi connectivity index (χ3v) is 1.47. The third kappa shape index (κ3) is 1.68. The van der Waals surface area contributed by atoms with Gasteiger partial charge in [-0.05, 0) is 13.0 Å². The van der Waals surface area contributed by atoms with Gasteiger partial charge in [0.1, 0.15) is 5.82 Å². The Balaban J connectivity index is 3.23. The number of anilines is 1. The van der Waals surface area contributed by atoms with Gasteiger partial charge in [-0.25, -0.2) is 4.98 Å². The molecule has 0 saturated carbocycles. The van der Waals surface area contributed by atoms with Crippen LogP contribution in [0.1, 0.15) is 17.3 Å². The molecule has 1 heterocycles. The second-order valence-corrected chi connectivity index (χ2v) is 2.58. The van der Waals surface area contributed by atoms with Gasteiger partial charge in [0.15, 0.2) is 5.78 Å². The summed E-state index contributed by atoms with van der Waals surface area (Å²) in [7, 11) is 0. The minimum Gasteiger partial charge on any atom is -0.383 e. The first-order valence-electron chi connectivity index (χ1n) is 3.03. The summed E-state index contributed by atoms with van der Waals surface area (Å²) in [6.45, 7) is 1.42. The number of rotatable bonds is 1. The monoisotopic (exact) mass is 170 g/mol. The highest BCUT2D eigenvalue weighted by atomic mass is 35.5. The van der Waals surface area contributed by atoms with Gasteiger partial charge in [-0.1, -0.05) is 11.6 Å². The fraction of sp³-hybridized carbons (Fsp3) is 0.143. The molecule has 0 fully saturated rings. The zero-order valence-electron chi connectivity index (χ0n) is 5.97. The molecule has 0 aliphatic heterocycles. The summed E-state index contributed by atoms with van der Waals surface area (Å²) in [5, 5.41) is 0.421. The van der Waals surface area contributed by atoms with Gasteiger partial charge in [0, 0.05) is 6.20 Å². The second-order valence-electron chi connectivity index (χ2n) is 2.14. The summed E-state index contributed by atoms with van der Waals surface area (Å²) in [5.41, 5.74) is 5.77. The largest absolute Gasteiger partial charge is 0.383 e. The highest BCUT2D eigenvalue weighted by Gasteiger charge is 2.05. The van der Waals surface area contributed by atoms with Crippen molar-refractivity contribution < 1.29 is 4.79 Å². The van der Waals surface area contributed by atoms with Gasteiger partial charge in [-0.15, -0.1) is 0 Å². The zero-order chi connectivity index (χ0) is 8.43. The van der Waals surface area contributed by atoms with E-state index in [2.05, 4.69) is 4.98 Å². The van der Waals surface area contributed by atoms with Crippen molar-refractivity contribution in [2.24, 2.45) is 0 Å². The molecule has 0 unspecified atom stereocenters. The van der Waals surface area contributed by atoms with Gasteiger partial charge in [0.05, 0.1) is 10.6 Å². The SMILES string of the molecule is CC(=O)c1cc(Cl)cnc1N. The molecule has 0 spiro atoms. The standard InChI is InChI=1S/C7H7ClN2O/c1-4(11)6-2-5(8)3-10-7(6)9/h2-3H,1H3,(H2,9,10). The molecule has 0 amide bonds. The molecule has 0 bridgehead atoms. The number of hydrogen-bond donors (Lipinski definition) is 1. The van der Waals surface area contributed by atoms with Crippen LogP contribution in [-0.2, 0) is 0 Å². The van der Waals surface area contributed by atoms with Crippen molar-refractivity contribution in [2.75, 3.05) is 5.73 Å². The van der Waals surface area contributed by atoms with Gasteiger partial charge in [0.25, 0.3) is 0 Å². The normalized spacial score (nSPS) is 9.64. The number of pyridine rings is 1. The highest BCUT2D eigenvalue weighted by molar-refractivity contribution is 6.30. The Bertz CT molecular complexity index is 298. The van der Waals surface area contributed by atoms with Crippen molar-refractivity contribution in [3.63, 3.8) is 0 Å². The number of Topliss-reactive ketones (excluding diaryl/α,β-unsaturated/α-hetero) is 1. The predicted octanol–water partition coefficient (Wildman–Crippen LogP) is 1.52. The van der Waals surface area contributed by atoms with Crippen LogP contribution in [0.2, 0.25) is 5.02 Å². The molecule has 11 heavy (non-hydrogen) atoms. The lowest BCUT2D eigenvalue weighted by atomic mass is 10.2. The summed E-state index contributed by atoms with van der Waals surface area (Å²) < 4.78 is 0. The third-order valence-electron chi connectivity index (χ3n) is 1.26. The Morgan fingerprint density at radius 3 is 2.82 bits per heavy atom. The number of nitrogens with zero attached hydrogens (tertiary/aromatic N) is 1. The Hall–Kier alpha value is -1.09. The van der Waals surface area contributed by atoms with E-state index in [1.165, 1.54) is 19.2 Å². The number of nitrogen functional groups attached to an aromatic ring is 1. The minimum absolute atomic E-state index is 0.127. The van der Waals surface area contributed by atoms with Crippen LogP contribution < -0.4 is 5.73 Å². The van der Waals surface area contributed by atoms with Crippen LogP contribution in [0.3, 0.4) is 0 Å². The fourth-order valence-electron chi connectivity index (χ4n) is 0.732. The van der Waals surface area contributed by atoms with Crippen molar-refractivity contribution in [1.29, 1.82) is 0 Å². The molecule has 0 radical (unpaired) electrons. The zero-order valence-corrected chi connectivity index (χ0v) is 6.72.